The van der Waals surface area contributed by atoms with Gasteiger partial charge in [-0.05, 0) is 25.3 Å². The molecule has 0 saturated heterocycles. The van der Waals surface area contributed by atoms with Gasteiger partial charge in [0.2, 0.25) is 0 Å². The Labute approximate surface area is 146 Å². The summed E-state index contributed by atoms with van der Waals surface area (Å²) in [7, 11) is 0. The lowest BCUT2D eigenvalue weighted by Crippen LogP contribution is -2.45. The minimum Gasteiger partial charge on any atom is -0.391 e. The molecule has 2 unspecified atom stereocenters. The topological polar surface area (TPSA) is 67.2 Å². The first-order chi connectivity index (χ1) is 11.6. The van der Waals surface area contributed by atoms with Gasteiger partial charge in [0, 0.05) is 0 Å². The molecule has 5 nitrogen and oxygen atoms in total. The zero-order chi connectivity index (χ0) is 17.1. The van der Waals surface area contributed by atoms with E-state index in [2.05, 4.69) is 10.4 Å². The summed E-state index contributed by atoms with van der Waals surface area (Å²) in [5.41, 5.74) is 2.06. The second kappa shape index (κ2) is 7.36. The molecule has 3 rings (SSSR count). The number of nitrogens with one attached hydrogen (secondary N) is 1. The van der Waals surface area contributed by atoms with Crippen molar-refractivity contribution >= 4 is 17.5 Å². The van der Waals surface area contributed by atoms with Crippen LogP contribution in [-0.2, 0) is 6.54 Å². The summed E-state index contributed by atoms with van der Waals surface area (Å²) in [5, 5.41) is 17.7. The molecule has 24 heavy (non-hydrogen) atoms. The maximum atomic E-state index is 12.6. The van der Waals surface area contributed by atoms with E-state index in [0.29, 0.717) is 23.0 Å². The van der Waals surface area contributed by atoms with Crippen molar-refractivity contribution < 1.29 is 9.90 Å². The summed E-state index contributed by atoms with van der Waals surface area (Å²) in [6.07, 6.45) is 3.05. The van der Waals surface area contributed by atoms with Crippen LogP contribution in [0.15, 0.2) is 30.3 Å². The van der Waals surface area contributed by atoms with Gasteiger partial charge >= 0.3 is 0 Å². The molecule has 1 aliphatic carbocycles. The van der Waals surface area contributed by atoms with E-state index < -0.39 is 6.10 Å². The second-order valence-corrected chi connectivity index (χ2v) is 6.68. The summed E-state index contributed by atoms with van der Waals surface area (Å²) in [4.78, 5) is 12.6. The molecule has 1 aliphatic rings. The number of hydrogen-bond acceptors (Lipinski definition) is 3. The van der Waals surface area contributed by atoms with E-state index in [4.69, 9.17) is 11.6 Å². The Bertz CT molecular complexity index is 715. The molecule has 1 aromatic heterocycles. The number of carbonyl (C=O) groups excluding carboxylic acids is 1. The van der Waals surface area contributed by atoms with Crippen LogP contribution in [0.1, 0.15) is 47.3 Å². The van der Waals surface area contributed by atoms with Gasteiger partial charge in [-0.1, -0.05) is 54.8 Å². The lowest BCUT2D eigenvalue weighted by Gasteiger charge is -2.28. The number of aliphatic hydroxyl groups excluding tert-OH is 1. The Balaban J connectivity index is 1.77. The molecule has 6 heteroatoms. The average molecular weight is 348 g/mol. The number of aromatic nitrogens is 2. The first-order valence-corrected chi connectivity index (χ1v) is 8.70. The normalized spacial score (nSPS) is 20.8. The van der Waals surface area contributed by atoms with Gasteiger partial charge in [0.1, 0.15) is 5.15 Å². The van der Waals surface area contributed by atoms with Gasteiger partial charge in [-0.3, -0.25) is 4.79 Å². The molecule has 2 N–H and O–H groups in total. The molecule has 0 spiro atoms. The van der Waals surface area contributed by atoms with E-state index in [1.54, 1.807) is 11.6 Å². The third-order valence-electron chi connectivity index (χ3n) is 4.51. The molecular weight excluding hydrogens is 326 g/mol. The minimum atomic E-state index is -0.485. The molecule has 2 aromatic rings. The highest BCUT2D eigenvalue weighted by Gasteiger charge is 2.27. The lowest BCUT2D eigenvalue weighted by atomic mass is 9.92. The van der Waals surface area contributed by atoms with E-state index in [9.17, 15) is 9.90 Å². The smallest absolute Gasteiger partial charge is 0.256 e. The monoisotopic (exact) mass is 347 g/mol. The van der Waals surface area contributed by atoms with Crippen LogP contribution in [0.3, 0.4) is 0 Å². The highest BCUT2D eigenvalue weighted by Crippen LogP contribution is 2.23. The number of halogens is 1. The number of hydrogen-bond donors (Lipinski definition) is 2. The van der Waals surface area contributed by atoms with Crippen molar-refractivity contribution in [1.82, 2.24) is 15.1 Å². The molecule has 1 heterocycles. The molecule has 1 fully saturated rings. The van der Waals surface area contributed by atoms with Crippen molar-refractivity contribution in [1.29, 1.82) is 0 Å². The molecular formula is C18H22ClN3O2. The zero-order valence-electron chi connectivity index (χ0n) is 13.7. The van der Waals surface area contributed by atoms with E-state index in [1.807, 2.05) is 30.3 Å². The largest absolute Gasteiger partial charge is 0.391 e. The van der Waals surface area contributed by atoms with E-state index in [-0.39, 0.29) is 11.9 Å². The summed E-state index contributed by atoms with van der Waals surface area (Å²) < 4.78 is 1.64. The summed E-state index contributed by atoms with van der Waals surface area (Å²) in [5.74, 6) is -0.261. The third kappa shape index (κ3) is 3.62. The molecule has 0 radical (unpaired) electrons. The molecule has 1 amide bonds. The number of amides is 1. The van der Waals surface area contributed by atoms with Crippen LogP contribution in [0.2, 0.25) is 5.15 Å². The molecule has 2 atom stereocenters. The van der Waals surface area contributed by atoms with E-state index in [0.717, 1.165) is 31.2 Å². The quantitative estimate of drug-likeness (QED) is 0.893. The van der Waals surface area contributed by atoms with Crippen molar-refractivity contribution in [2.45, 2.75) is 51.3 Å². The highest BCUT2D eigenvalue weighted by molar-refractivity contribution is 6.33. The Morgan fingerprint density at radius 2 is 2.04 bits per heavy atom. The van der Waals surface area contributed by atoms with Crippen molar-refractivity contribution in [2.75, 3.05) is 0 Å². The first-order valence-electron chi connectivity index (χ1n) is 8.32. The number of rotatable bonds is 4. The lowest BCUT2D eigenvalue weighted by molar-refractivity contribution is 0.0717. The van der Waals surface area contributed by atoms with Gasteiger partial charge in [0.15, 0.2) is 0 Å². The SMILES string of the molecule is Cc1nn(Cc2ccccc2)c(Cl)c1C(=O)NC1CCCCC1O. The van der Waals surface area contributed by atoms with Gasteiger partial charge in [-0.25, -0.2) is 4.68 Å². The number of nitrogens with zero attached hydrogens (tertiary/aromatic N) is 2. The van der Waals surface area contributed by atoms with E-state index in [1.165, 1.54) is 0 Å². The molecule has 1 aromatic carbocycles. The van der Waals surface area contributed by atoms with Crippen LogP contribution >= 0.6 is 11.6 Å². The molecule has 0 bridgehead atoms. The molecule has 1 saturated carbocycles. The average Bonchev–Trinajstić information content (AvgIpc) is 2.84. The van der Waals surface area contributed by atoms with Gasteiger partial charge in [0.05, 0.1) is 29.9 Å². The number of benzene rings is 1. The fourth-order valence-electron chi connectivity index (χ4n) is 3.19. The van der Waals surface area contributed by atoms with Crippen molar-refractivity contribution in [3.05, 3.63) is 52.3 Å². The van der Waals surface area contributed by atoms with Crippen LogP contribution < -0.4 is 5.32 Å². The number of aryl methyl sites for hydroxylation is 1. The maximum absolute atomic E-state index is 12.6. The van der Waals surface area contributed by atoms with E-state index >= 15 is 0 Å². The first kappa shape index (κ1) is 17.0. The Kier molecular flexibility index (Phi) is 5.21. The second-order valence-electron chi connectivity index (χ2n) is 6.33. The van der Waals surface area contributed by atoms with Crippen LogP contribution in [0.4, 0.5) is 0 Å². The Morgan fingerprint density at radius 3 is 2.75 bits per heavy atom. The van der Waals surface area contributed by atoms with Crippen molar-refractivity contribution in [3.8, 4) is 0 Å². The Hall–Kier alpha value is -1.85. The summed E-state index contributed by atoms with van der Waals surface area (Å²) in [6, 6.07) is 9.64. The number of aliphatic hydroxyl groups is 1. The van der Waals surface area contributed by atoms with Crippen LogP contribution in [0.25, 0.3) is 0 Å². The van der Waals surface area contributed by atoms with Gasteiger partial charge in [-0.15, -0.1) is 0 Å². The van der Waals surface area contributed by atoms with Crippen LogP contribution in [0.5, 0.6) is 0 Å². The third-order valence-corrected chi connectivity index (χ3v) is 4.90. The molecule has 0 aliphatic heterocycles. The van der Waals surface area contributed by atoms with Crippen molar-refractivity contribution in [3.63, 3.8) is 0 Å². The molecule has 128 valence electrons. The Morgan fingerprint density at radius 1 is 1.33 bits per heavy atom. The fourth-order valence-corrected chi connectivity index (χ4v) is 3.51. The summed E-state index contributed by atoms with van der Waals surface area (Å²) >= 11 is 6.41. The highest BCUT2D eigenvalue weighted by atomic mass is 35.5. The van der Waals surface area contributed by atoms with Gasteiger partial charge in [0.25, 0.3) is 5.91 Å². The summed E-state index contributed by atoms with van der Waals surface area (Å²) in [6.45, 7) is 2.29. The fraction of sp³-hybridized carbons (Fsp3) is 0.444. The maximum Gasteiger partial charge on any atom is 0.256 e. The predicted molar refractivity (Wildman–Crippen MR) is 93.2 cm³/mol. The van der Waals surface area contributed by atoms with Gasteiger partial charge in [-0.2, -0.15) is 5.10 Å². The van der Waals surface area contributed by atoms with Crippen LogP contribution in [0, 0.1) is 6.92 Å². The number of carbonyl (C=O) groups is 1. The van der Waals surface area contributed by atoms with Gasteiger partial charge < -0.3 is 10.4 Å². The van der Waals surface area contributed by atoms with Crippen molar-refractivity contribution in [2.24, 2.45) is 0 Å². The van der Waals surface area contributed by atoms with Crippen LogP contribution in [-0.4, -0.2) is 32.9 Å². The zero-order valence-corrected chi connectivity index (χ0v) is 14.5. The predicted octanol–water partition coefficient (Wildman–Crippen LogP) is 2.93. The minimum absolute atomic E-state index is 0.209. The standard InChI is InChI=1S/C18H22ClN3O2/c1-12-16(18(24)20-14-9-5-6-10-15(14)23)17(19)22(21-12)11-13-7-3-2-4-8-13/h2-4,7-8,14-15,23H,5-6,9-11H2,1H3,(H,20,24).